The molecule has 2 rings (SSSR count). The Bertz CT molecular complexity index is 497. The molecule has 0 aliphatic heterocycles. The van der Waals surface area contributed by atoms with E-state index in [9.17, 15) is 13.2 Å². The first-order valence-corrected chi connectivity index (χ1v) is 6.53. The fraction of sp³-hybridized carbons (Fsp3) is 0.500. The van der Waals surface area contributed by atoms with Gasteiger partial charge in [0.05, 0.1) is 5.56 Å². The average Bonchev–Trinajstić information content (AvgIpc) is 3.09. The summed E-state index contributed by atoms with van der Waals surface area (Å²) in [6.07, 6.45) is -3.20. The van der Waals surface area contributed by atoms with Crippen LogP contribution in [0.4, 0.5) is 13.2 Å². The van der Waals surface area contributed by atoms with Crippen molar-refractivity contribution >= 4 is 5.96 Å². The van der Waals surface area contributed by atoms with Crippen molar-refractivity contribution in [3.63, 3.8) is 0 Å². The smallest absolute Gasteiger partial charge is 0.353 e. The van der Waals surface area contributed by atoms with Crippen molar-refractivity contribution in [2.24, 2.45) is 10.9 Å². The second-order valence-electron chi connectivity index (χ2n) is 5.09. The molecule has 2 N–H and O–H groups in total. The summed E-state index contributed by atoms with van der Waals surface area (Å²) in [7, 11) is 1.65. The molecular weight excluding hydrogens is 267 g/mol. The lowest BCUT2D eigenvalue weighted by Crippen LogP contribution is -2.38. The van der Waals surface area contributed by atoms with Crippen LogP contribution in [0.3, 0.4) is 0 Å². The van der Waals surface area contributed by atoms with E-state index in [1.165, 1.54) is 6.07 Å². The summed E-state index contributed by atoms with van der Waals surface area (Å²) < 4.78 is 37.8. The maximum absolute atomic E-state index is 12.6. The molecule has 0 spiro atoms. The van der Waals surface area contributed by atoms with Crippen LogP contribution in [0.2, 0.25) is 0 Å². The normalized spacial score (nSPS) is 22.6. The molecule has 2 atom stereocenters. The number of benzene rings is 1. The van der Waals surface area contributed by atoms with Crippen LogP contribution in [0, 0.1) is 5.92 Å². The van der Waals surface area contributed by atoms with Crippen LogP contribution in [0.5, 0.6) is 0 Å². The van der Waals surface area contributed by atoms with Crippen LogP contribution in [-0.4, -0.2) is 19.0 Å². The number of hydrogen-bond donors (Lipinski definition) is 2. The minimum Gasteiger partial charge on any atom is -0.353 e. The lowest BCUT2D eigenvalue weighted by Gasteiger charge is -2.13. The van der Waals surface area contributed by atoms with Gasteiger partial charge in [-0.3, -0.25) is 4.99 Å². The standard InChI is InChI=1S/C14H18F3N3/c1-9-6-12(9)20-13(18-2)19-8-10-4-3-5-11(7-10)14(15,16)17/h3-5,7,9,12H,6,8H2,1-2H3,(H2,18,19,20). The topological polar surface area (TPSA) is 36.4 Å². The van der Waals surface area contributed by atoms with Crippen molar-refractivity contribution in [2.75, 3.05) is 7.05 Å². The van der Waals surface area contributed by atoms with E-state index >= 15 is 0 Å². The van der Waals surface area contributed by atoms with E-state index in [1.807, 2.05) is 0 Å². The van der Waals surface area contributed by atoms with Crippen molar-refractivity contribution in [3.8, 4) is 0 Å². The summed E-state index contributed by atoms with van der Waals surface area (Å²) in [6.45, 7) is 2.45. The summed E-state index contributed by atoms with van der Waals surface area (Å²) in [6, 6.07) is 5.72. The van der Waals surface area contributed by atoms with Crippen LogP contribution in [0.25, 0.3) is 0 Å². The SMILES string of the molecule is CN=C(NCc1cccc(C(F)(F)F)c1)NC1CC1C. The number of halogens is 3. The number of hydrogen-bond acceptors (Lipinski definition) is 1. The van der Waals surface area contributed by atoms with Gasteiger partial charge >= 0.3 is 6.18 Å². The molecule has 1 saturated carbocycles. The molecule has 1 aliphatic carbocycles. The van der Waals surface area contributed by atoms with Crippen LogP contribution in [-0.2, 0) is 12.7 Å². The Morgan fingerprint density at radius 2 is 2.10 bits per heavy atom. The molecule has 0 bridgehead atoms. The van der Waals surface area contributed by atoms with E-state index in [-0.39, 0.29) is 0 Å². The zero-order chi connectivity index (χ0) is 14.8. The minimum absolute atomic E-state index is 0.310. The number of aliphatic imine (C=N–C) groups is 1. The Balaban J connectivity index is 1.93. The fourth-order valence-electron chi connectivity index (χ4n) is 1.94. The molecule has 1 fully saturated rings. The molecular formula is C14H18F3N3. The largest absolute Gasteiger partial charge is 0.416 e. The molecule has 0 amide bonds. The second-order valence-corrected chi connectivity index (χ2v) is 5.09. The molecule has 1 aromatic carbocycles. The Kier molecular flexibility index (Phi) is 4.20. The molecule has 1 aliphatic rings. The van der Waals surface area contributed by atoms with Crippen LogP contribution >= 0.6 is 0 Å². The number of guanidine groups is 1. The predicted octanol–water partition coefficient (Wildman–Crippen LogP) is 2.78. The van der Waals surface area contributed by atoms with Crippen molar-refractivity contribution in [3.05, 3.63) is 35.4 Å². The van der Waals surface area contributed by atoms with E-state index in [0.29, 0.717) is 30.0 Å². The monoisotopic (exact) mass is 285 g/mol. The molecule has 110 valence electrons. The Morgan fingerprint density at radius 1 is 1.40 bits per heavy atom. The lowest BCUT2D eigenvalue weighted by molar-refractivity contribution is -0.137. The first kappa shape index (κ1) is 14.7. The third-order valence-corrected chi connectivity index (χ3v) is 3.37. The van der Waals surface area contributed by atoms with E-state index in [1.54, 1.807) is 13.1 Å². The molecule has 6 heteroatoms. The molecule has 0 heterocycles. The van der Waals surface area contributed by atoms with E-state index < -0.39 is 11.7 Å². The Labute approximate surface area is 116 Å². The summed E-state index contributed by atoms with van der Waals surface area (Å²) >= 11 is 0. The van der Waals surface area contributed by atoms with Crippen LogP contribution in [0.1, 0.15) is 24.5 Å². The lowest BCUT2D eigenvalue weighted by atomic mass is 10.1. The first-order valence-electron chi connectivity index (χ1n) is 6.53. The summed E-state index contributed by atoms with van der Waals surface area (Å²) in [5.74, 6) is 1.25. The fourth-order valence-corrected chi connectivity index (χ4v) is 1.94. The van der Waals surface area contributed by atoms with E-state index in [4.69, 9.17) is 0 Å². The highest BCUT2D eigenvalue weighted by Gasteiger charge is 2.33. The number of rotatable bonds is 3. The quantitative estimate of drug-likeness (QED) is 0.662. The summed E-state index contributed by atoms with van der Waals surface area (Å²) in [4.78, 5) is 4.06. The van der Waals surface area contributed by atoms with Gasteiger partial charge in [-0.25, -0.2) is 0 Å². The average molecular weight is 285 g/mol. The van der Waals surface area contributed by atoms with Gasteiger partial charge < -0.3 is 10.6 Å². The van der Waals surface area contributed by atoms with Crippen molar-refractivity contribution < 1.29 is 13.2 Å². The second kappa shape index (κ2) is 5.73. The molecule has 3 nitrogen and oxygen atoms in total. The van der Waals surface area contributed by atoms with Crippen molar-refractivity contribution in [1.29, 1.82) is 0 Å². The zero-order valence-electron chi connectivity index (χ0n) is 11.5. The van der Waals surface area contributed by atoms with Gasteiger partial charge in [0.25, 0.3) is 0 Å². The first-order chi connectivity index (χ1) is 9.40. The number of nitrogens with one attached hydrogen (secondary N) is 2. The van der Waals surface area contributed by atoms with Gasteiger partial charge in [0.1, 0.15) is 0 Å². The third kappa shape index (κ3) is 3.88. The molecule has 20 heavy (non-hydrogen) atoms. The highest BCUT2D eigenvalue weighted by molar-refractivity contribution is 5.80. The van der Waals surface area contributed by atoms with Gasteiger partial charge in [0, 0.05) is 19.6 Å². The van der Waals surface area contributed by atoms with E-state index in [2.05, 4.69) is 22.5 Å². The number of alkyl halides is 3. The van der Waals surface area contributed by atoms with Gasteiger partial charge in [-0.05, 0) is 30.0 Å². The highest BCUT2D eigenvalue weighted by atomic mass is 19.4. The molecule has 0 aromatic heterocycles. The van der Waals surface area contributed by atoms with Gasteiger partial charge in [0.15, 0.2) is 5.96 Å². The van der Waals surface area contributed by atoms with E-state index in [0.717, 1.165) is 18.6 Å². The minimum atomic E-state index is -4.31. The Hall–Kier alpha value is -1.72. The molecule has 0 radical (unpaired) electrons. The highest BCUT2D eigenvalue weighted by Crippen LogP contribution is 2.30. The van der Waals surface area contributed by atoms with Crippen LogP contribution < -0.4 is 10.6 Å². The maximum Gasteiger partial charge on any atom is 0.416 e. The summed E-state index contributed by atoms with van der Waals surface area (Å²) in [5.41, 5.74) is -0.0535. The van der Waals surface area contributed by atoms with Crippen molar-refractivity contribution in [1.82, 2.24) is 10.6 Å². The molecule has 2 unspecified atom stereocenters. The molecule has 0 saturated heterocycles. The van der Waals surface area contributed by atoms with Crippen molar-refractivity contribution in [2.45, 2.75) is 32.1 Å². The summed E-state index contributed by atoms with van der Waals surface area (Å²) in [5, 5.41) is 6.25. The van der Waals surface area contributed by atoms with Gasteiger partial charge in [-0.15, -0.1) is 0 Å². The third-order valence-electron chi connectivity index (χ3n) is 3.37. The van der Waals surface area contributed by atoms with Gasteiger partial charge in [-0.2, -0.15) is 13.2 Å². The maximum atomic E-state index is 12.6. The molecule has 1 aromatic rings. The Morgan fingerprint density at radius 3 is 2.65 bits per heavy atom. The number of nitrogens with zero attached hydrogens (tertiary/aromatic N) is 1. The van der Waals surface area contributed by atoms with Gasteiger partial charge in [0.2, 0.25) is 0 Å². The predicted molar refractivity (Wildman–Crippen MR) is 72.3 cm³/mol. The zero-order valence-corrected chi connectivity index (χ0v) is 11.5. The van der Waals surface area contributed by atoms with Gasteiger partial charge in [-0.1, -0.05) is 19.1 Å². The van der Waals surface area contributed by atoms with Crippen LogP contribution in [0.15, 0.2) is 29.3 Å².